The molecule has 2 aliphatic rings. The molecular formula is C12H19N3O2. The zero-order valence-electron chi connectivity index (χ0n) is 9.97. The zero-order chi connectivity index (χ0) is 11.7. The molecule has 0 aliphatic heterocycles. The van der Waals surface area contributed by atoms with Crippen molar-refractivity contribution in [2.75, 3.05) is 0 Å². The maximum atomic E-state index is 5.91. The van der Waals surface area contributed by atoms with Gasteiger partial charge in [0.05, 0.1) is 6.10 Å². The van der Waals surface area contributed by atoms with E-state index >= 15 is 0 Å². The van der Waals surface area contributed by atoms with Crippen molar-refractivity contribution in [1.29, 1.82) is 0 Å². The molecular weight excluding hydrogens is 218 g/mol. The summed E-state index contributed by atoms with van der Waals surface area (Å²) in [4.78, 5) is 4.34. The van der Waals surface area contributed by atoms with E-state index in [0.717, 1.165) is 31.5 Å². The molecule has 5 heteroatoms. The van der Waals surface area contributed by atoms with Crippen LogP contribution in [0.2, 0.25) is 0 Å². The summed E-state index contributed by atoms with van der Waals surface area (Å²) in [6.07, 6.45) is 6.96. The molecule has 0 bridgehead atoms. The lowest BCUT2D eigenvalue weighted by Gasteiger charge is -2.26. The van der Waals surface area contributed by atoms with E-state index in [0.29, 0.717) is 24.5 Å². The summed E-state index contributed by atoms with van der Waals surface area (Å²) >= 11 is 0. The van der Waals surface area contributed by atoms with E-state index < -0.39 is 0 Å². The first-order chi connectivity index (χ1) is 8.31. The quantitative estimate of drug-likeness (QED) is 0.863. The Morgan fingerprint density at radius 3 is 2.94 bits per heavy atom. The van der Waals surface area contributed by atoms with Gasteiger partial charge in [-0.2, -0.15) is 4.98 Å². The van der Waals surface area contributed by atoms with Gasteiger partial charge in [-0.3, -0.25) is 0 Å². The van der Waals surface area contributed by atoms with Crippen molar-refractivity contribution in [1.82, 2.24) is 10.1 Å². The van der Waals surface area contributed by atoms with Gasteiger partial charge in [-0.15, -0.1) is 0 Å². The van der Waals surface area contributed by atoms with Crippen molar-refractivity contribution in [3.8, 4) is 0 Å². The smallest absolute Gasteiger partial charge is 0.252 e. The molecule has 5 nitrogen and oxygen atoms in total. The fourth-order valence-corrected chi connectivity index (χ4v) is 2.36. The van der Waals surface area contributed by atoms with E-state index in [1.54, 1.807) is 0 Å². The first-order valence-electron chi connectivity index (χ1n) is 6.51. The van der Waals surface area contributed by atoms with Crippen LogP contribution in [0.5, 0.6) is 0 Å². The fourth-order valence-electron chi connectivity index (χ4n) is 2.36. The van der Waals surface area contributed by atoms with Crippen LogP contribution in [0.1, 0.15) is 56.2 Å². The molecule has 2 atom stereocenters. The van der Waals surface area contributed by atoms with E-state index in [2.05, 4.69) is 10.1 Å². The van der Waals surface area contributed by atoms with E-state index in [-0.39, 0.29) is 6.10 Å². The first kappa shape index (κ1) is 11.2. The van der Waals surface area contributed by atoms with Gasteiger partial charge in [0.1, 0.15) is 6.61 Å². The summed E-state index contributed by atoms with van der Waals surface area (Å²) in [5.41, 5.74) is 5.91. The zero-order valence-corrected chi connectivity index (χ0v) is 9.97. The molecule has 94 valence electrons. The number of hydrogen-bond donors (Lipinski definition) is 1. The lowest BCUT2D eigenvalue weighted by atomic mass is 9.94. The van der Waals surface area contributed by atoms with Crippen LogP contribution in [0.15, 0.2) is 4.52 Å². The van der Waals surface area contributed by atoms with Gasteiger partial charge < -0.3 is 15.0 Å². The van der Waals surface area contributed by atoms with Crippen LogP contribution in [0.25, 0.3) is 0 Å². The van der Waals surface area contributed by atoms with Crippen LogP contribution >= 0.6 is 0 Å². The number of aromatic nitrogens is 2. The number of ether oxygens (including phenoxy) is 1. The summed E-state index contributed by atoms with van der Waals surface area (Å²) in [5.74, 6) is 1.99. The summed E-state index contributed by atoms with van der Waals surface area (Å²) < 4.78 is 10.9. The third kappa shape index (κ3) is 2.84. The van der Waals surface area contributed by atoms with Gasteiger partial charge in [0.2, 0.25) is 0 Å². The maximum Gasteiger partial charge on any atom is 0.252 e. The fraction of sp³-hybridized carbons (Fsp3) is 0.833. The number of nitrogens with two attached hydrogens (primary N) is 1. The molecule has 2 saturated carbocycles. The van der Waals surface area contributed by atoms with Crippen molar-refractivity contribution < 1.29 is 9.26 Å². The van der Waals surface area contributed by atoms with Crippen LogP contribution in [-0.2, 0) is 11.3 Å². The molecule has 2 N–H and O–H groups in total. The Balaban J connectivity index is 1.49. The largest absolute Gasteiger partial charge is 0.368 e. The van der Waals surface area contributed by atoms with Gasteiger partial charge in [0.25, 0.3) is 5.89 Å². The highest BCUT2D eigenvalue weighted by Gasteiger charge is 2.29. The Morgan fingerprint density at radius 2 is 2.18 bits per heavy atom. The highest BCUT2D eigenvalue weighted by atomic mass is 16.5. The third-order valence-corrected chi connectivity index (χ3v) is 3.54. The van der Waals surface area contributed by atoms with Gasteiger partial charge in [-0.1, -0.05) is 5.16 Å². The monoisotopic (exact) mass is 237 g/mol. The van der Waals surface area contributed by atoms with Crippen molar-refractivity contribution in [2.24, 2.45) is 5.73 Å². The molecule has 1 aromatic rings. The number of nitrogens with zero attached hydrogens (tertiary/aromatic N) is 2. The van der Waals surface area contributed by atoms with Gasteiger partial charge in [-0.05, 0) is 38.5 Å². The van der Waals surface area contributed by atoms with Gasteiger partial charge in [-0.25, -0.2) is 0 Å². The number of hydrogen-bond acceptors (Lipinski definition) is 5. The predicted octanol–water partition coefficient (Wildman–Crippen LogP) is 1.73. The average Bonchev–Trinajstić information content (AvgIpc) is 3.07. The highest BCUT2D eigenvalue weighted by molar-refractivity contribution is 5.02. The predicted molar refractivity (Wildman–Crippen MR) is 61.3 cm³/mol. The average molecular weight is 237 g/mol. The Labute approximate surface area is 101 Å². The molecule has 0 saturated heterocycles. The minimum atomic E-state index is 0.259. The van der Waals surface area contributed by atoms with Crippen molar-refractivity contribution in [2.45, 2.75) is 63.2 Å². The van der Waals surface area contributed by atoms with Gasteiger partial charge in [0, 0.05) is 12.0 Å². The summed E-state index contributed by atoms with van der Waals surface area (Å²) in [6, 6.07) is 0.290. The Kier molecular flexibility index (Phi) is 3.11. The molecule has 3 rings (SSSR count). The lowest BCUT2D eigenvalue weighted by Crippen LogP contribution is -2.32. The molecule has 0 aromatic carbocycles. The van der Waals surface area contributed by atoms with Crippen molar-refractivity contribution in [3.63, 3.8) is 0 Å². The van der Waals surface area contributed by atoms with E-state index in [4.69, 9.17) is 15.0 Å². The molecule has 2 aliphatic carbocycles. The van der Waals surface area contributed by atoms with E-state index in [1.807, 2.05) is 0 Å². The summed E-state index contributed by atoms with van der Waals surface area (Å²) in [7, 11) is 0. The highest BCUT2D eigenvalue weighted by Crippen LogP contribution is 2.38. The standard InChI is InChI=1S/C12H19N3O2/c13-9-2-1-3-10(6-9)16-7-11-14-12(15-17-11)8-4-5-8/h8-10H,1-7,13H2. The molecule has 1 aromatic heterocycles. The molecule has 17 heavy (non-hydrogen) atoms. The Hall–Kier alpha value is -0.940. The van der Waals surface area contributed by atoms with Gasteiger partial charge >= 0.3 is 0 Å². The topological polar surface area (TPSA) is 74.2 Å². The van der Waals surface area contributed by atoms with E-state index in [1.165, 1.54) is 12.8 Å². The third-order valence-electron chi connectivity index (χ3n) is 3.54. The van der Waals surface area contributed by atoms with Crippen LogP contribution < -0.4 is 5.73 Å². The molecule has 2 unspecified atom stereocenters. The minimum Gasteiger partial charge on any atom is -0.368 e. The molecule has 0 spiro atoms. The lowest BCUT2D eigenvalue weighted by molar-refractivity contribution is 0.000497. The summed E-state index contributed by atoms with van der Waals surface area (Å²) in [6.45, 7) is 0.428. The molecule has 0 amide bonds. The Bertz CT molecular complexity index is 376. The minimum absolute atomic E-state index is 0.259. The number of rotatable bonds is 4. The molecule has 1 heterocycles. The molecule has 2 fully saturated rings. The van der Waals surface area contributed by atoms with Gasteiger partial charge in [0.15, 0.2) is 5.82 Å². The second-order valence-corrected chi connectivity index (χ2v) is 5.18. The SMILES string of the molecule is NC1CCCC(OCc2nc(C3CC3)no2)C1. The van der Waals surface area contributed by atoms with Crippen LogP contribution in [0.3, 0.4) is 0 Å². The van der Waals surface area contributed by atoms with Crippen LogP contribution in [0, 0.1) is 0 Å². The molecule has 0 radical (unpaired) electrons. The Morgan fingerprint density at radius 1 is 1.29 bits per heavy atom. The van der Waals surface area contributed by atoms with Crippen LogP contribution in [-0.4, -0.2) is 22.3 Å². The maximum absolute atomic E-state index is 5.91. The summed E-state index contributed by atoms with van der Waals surface area (Å²) in [5, 5.41) is 3.97. The van der Waals surface area contributed by atoms with Crippen molar-refractivity contribution in [3.05, 3.63) is 11.7 Å². The second-order valence-electron chi connectivity index (χ2n) is 5.18. The normalized spacial score (nSPS) is 29.5. The first-order valence-corrected chi connectivity index (χ1v) is 6.51. The van der Waals surface area contributed by atoms with Crippen molar-refractivity contribution >= 4 is 0 Å². The van der Waals surface area contributed by atoms with Crippen LogP contribution in [0.4, 0.5) is 0 Å². The second kappa shape index (κ2) is 4.74. The van der Waals surface area contributed by atoms with E-state index in [9.17, 15) is 0 Å².